The van der Waals surface area contributed by atoms with Crippen molar-refractivity contribution in [2.45, 2.75) is 0 Å². The number of amides is 1. The van der Waals surface area contributed by atoms with E-state index < -0.39 is 10.8 Å². The molecule has 1 fully saturated rings. The van der Waals surface area contributed by atoms with E-state index in [2.05, 4.69) is 5.32 Å². The average Bonchev–Trinajstić information content (AvgIpc) is 3.25. The summed E-state index contributed by atoms with van der Waals surface area (Å²) in [5.74, 6) is 0.119. The fourth-order valence-electron chi connectivity index (χ4n) is 3.24. The predicted molar refractivity (Wildman–Crippen MR) is 113 cm³/mol. The number of nitrogens with one attached hydrogen (secondary N) is 1. The molecule has 0 radical (unpaired) electrons. The smallest absolute Gasteiger partial charge is 0.294 e. The summed E-state index contributed by atoms with van der Waals surface area (Å²) >= 11 is 5.89. The predicted octanol–water partition coefficient (Wildman–Crippen LogP) is 4.60. The summed E-state index contributed by atoms with van der Waals surface area (Å²) in [5, 5.41) is 14.8. The number of hydrogen-bond acceptors (Lipinski definition) is 6. The van der Waals surface area contributed by atoms with Crippen molar-refractivity contribution in [3.8, 4) is 11.3 Å². The second-order valence-electron chi connectivity index (χ2n) is 6.68. The summed E-state index contributed by atoms with van der Waals surface area (Å²) in [4.78, 5) is 25.6. The van der Waals surface area contributed by atoms with Crippen LogP contribution in [0, 0.1) is 10.1 Å². The molecule has 3 aromatic rings. The Labute approximate surface area is 177 Å². The largest absolute Gasteiger partial charge is 0.451 e. The van der Waals surface area contributed by atoms with Gasteiger partial charge in [-0.2, -0.15) is 0 Å². The topological polar surface area (TPSA) is 97.9 Å². The number of morpholine rings is 1. The number of hydrogen-bond donors (Lipinski definition) is 1. The Balaban J connectivity index is 1.52. The van der Waals surface area contributed by atoms with Crippen LogP contribution in [0.5, 0.6) is 0 Å². The third-order valence-corrected chi connectivity index (χ3v) is 4.99. The van der Waals surface area contributed by atoms with Gasteiger partial charge in [0.1, 0.15) is 11.4 Å². The lowest BCUT2D eigenvalue weighted by Crippen LogP contribution is -2.36. The van der Waals surface area contributed by atoms with Gasteiger partial charge in [0.25, 0.3) is 11.6 Å². The van der Waals surface area contributed by atoms with Crippen molar-refractivity contribution in [2.24, 2.45) is 0 Å². The number of furan rings is 1. The second kappa shape index (κ2) is 8.56. The summed E-state index contributed by atoms with van der Waals surface area (Å²) < 4.78 is 10.9. The first-order valence-electron chi connectivity index (χ1n) is 9.29. The highest BCUT2D eigenvalue weighted by molar-refractivity contribution is 6.30. The van der Waals surface area contributed by atoms with Crippen molar-refractivity contribution in [1.29, 1.82) is 0 Å². The number of benzene rings is 2. The Morgan fingerprint density at radius 1 is 1.07 bits per heavy atom. The van der Waals surface area contributed by atoms with Gasteiger partial charge in [0.2, 0.25) is 0 Å². The van der Waals surface area contributed by atoms with Crippen molar-refractivity contribution >= 4 is 34.6 Å². The minimum Gasteiger partial charge on any atom is -0.451 e. The van der Waals surface area contributed by atoms with Crippen LogP contribution in [0.2, 0.25) is 5.02 Å². The van der Waals surface area contributed by atoms with E-state index >= 15 is 0 Å². The Bertz CT molecular complexity index is 1070. The van der Waals surface area contributed by atoms with E-state index in [1.54, 1.807) is 48.5 Å². The summed E-state index contributed by atoms with van der Waals surface area (Å²) in [6.45, 7) is 2.19. The van der Waals surface area contributed by atoms with Gasteiger partial charge in [0, 0.05) is 35.4 Å². The lowest BCUT2D eigenvalue weighted by Gasteiger charge is -2.28. The zero-order chi connectivity index (χ0) is 21.1. The van der Waals surface area contributed by atoms with Gasteiger partial charge in [-0.1, -0.05) is 11.6 Å². The maximum Gasteiger partial charge on any atom is 0.294 e. The van der Waals surface area contributed by atoms with Crippen molar-refractivity contribution in [2.75, 3.05) is 36.5 Å². The van der Waals surface area contributed by atoms with E-state index in [-0.39, 0.29) is 11.4 Å². The number of nitro benzene ring substituents is 1. The maximum atomic E-state index is 12.6. The molecule has 30 heavy (non-hydrogen) atoms. The van der Waals surface area contributed by atoms with Crippen LogP contribution >= 0.6 is 11.6 Å². The van der Waals surface area contributed by atoms with Crippen LogP contribution in [-0.2, 0) is 4.74 Å². The molecule has 0 unspecified atom stereocenters. The zero-order valence-corrected chi connectivity index (χ0v) is 16.6. The van der Waals surface area contributed by atoms with Gasteiger partial charge in [0.15, 0.2) is 5.76 Å². The van der Waals surface area contributed by atoms with Crippen LogP contribution in [-0.4, -0.2) is 37.1 Å². The molecule has 1 aromatic heterocycles. The van der Waals surface area contributed by atoms with E-state index in [9.17, 15) is 14.9 Å². The van der Waals surface area contributed by atoms with E-state index in [4.69, 9.17) is 20.8 Å². The number of nitro groups is 1. The van der Waals surface area contributed by atoms with Gasteiger partial charge in [-0.3, -0.25) is 14.9 Å². The lowest BCUT2D eigenvalue weighted by molar-refractivity contribution is -0.384. The Hall–Kier alpha value is -3.36. The normalized spacial score (nSPS) is 13.8. The molecule has 1 saturated heterocycles. The first-order valence-corrected chi connectivity index (χ1v) is 9.67. The molecular formula is C21H18ClN3O5. The number of carbonyl (C=O) groups is 1. The van der Waals surface area contributed by atoms with Crippen LogP contribution in [0.1, 0.15) is 10.6 Å². The first kappa shape index (κ1) is 19.9. The van der Waals surface area contributed by atoms with Crippen LogP contribution in [0.25, 0.3) is 11.3 Å². The molecule has 0 spiro atoms. The van der Waals surface area contributed by atoms with Crippen molar-refractivity contribution in [3.05, 3.63) is 75.5 Å². The average molecular weight is 428 g/mol. The molecule has 4 rings (SSSR count). The first-order chi connectivity index (χ1) is 14.5. The lowest BCUT2D eigenvalue weighted by atomic mass is 10.2. The molecule has 1 amide bonds. The van der Waals surface area contributed by atoms with Crippen LogP contribution in [0.15, 0.2) is 59.0 Å². The van der Waals surface area contributed by atoms with E-state index in [0.29, 0.717) is 48.5 Å². The van der Waals surface area contributed by atoms with E-state index in [1.165, 1.54) is 6.07 Å². The van der Waals surface area contributed by atoms with Gasteiger partial charge in [-0.15, -0.1) is 0 Å². The summed E-state index contributed by atoms with van der Waals surface area (Å²) in [6.07, 6.45) is 0. The van der Waals surface area contributed by atoms with Crippen molar-refractivity contribution in [3.63, 3.8) is 0 Å². The third-order valence-electron chi connectivity index (χ3n) is 4.74. The highest BCUT2D eigenvalue weighted by atomic mass is 35.5. The van der Waals surface area contributed by atoms with Gasteiger partial charge >= 0.3 is 0 Å². The van der Waals surface area contributed by atoms with Gasteiger partial charge in [0.05, 0.1) is 18.1 Å². The molecule has 8 nitrogen and oxygen atoms in total. The molecule has 154 valence electrons. The standard InChI is InChI=1S/C21H18ClN3O5/c22-15-3-1-14(2-4-15)19-7-8-20(30-19)21(26)23-16-5-6-17(18(13-16)25(27)28)24-9-11-29-12-10-24/h1-8,13H,9-12H2,(H,23,26). The number of carbonyl (C=O) groups excluding carboxylic acids is 1. The Morgan fingerprint density at radius 2 is 1.80 bits per heavy atom. The number of halogens is 1. The van der Waals surface area contributed by atoms with Crippen LogP contribution < -0.4 is 10.2 Å². The molecule has 0 aliphatic carbocycles. The van der Waals surface area contributed by atoms with Crippen molar-refractivity contribution < 1.29 is 18.9 Å². The van der Waals surface area contributed by atoms with Crippen LogP contribution in [0.4, 0.5) is 17.1 Å². The second-order valence-corrected chi connectivity index (χ2v) is 7.12. The quantitative estimate of drug-likeness (QED) is 0.472. The molecule has 2 heterocycles. The highest BCUT2D eigenvalue weighted by Crippen LogP contribution is 2.32. The number of nitrogens with zero attached hydrogens (tertiary/aromatic N) is 2. The Kier molecular flexibility index (Phi) is 5.69. The van der Waals surface area contributed by atoms with E-state index in [0.717, 1.165) is 5.56 Å². The maximum absolute atomic E-state index is 12.6. The minimum absolute atomic E-state index is 0.0731. The Morgan fingerprint density at radius 3 is 2.50 bits per heavy atom. The third kappa shape index (κ3) is 4.29. The molecule has 0 atom stereocenters. The monoisotopic (exact) mass is 427 g/mol. The molecular weight excluding hydrogens is 410 g/mol. The molecule has 0 bridgehead atoms. The van der Waals surface area contributed by atoms with Crippen LogP contribution in [0.3, 0.4) is 0 Å². The van der Waals surface area contributed by atoms with Gasteiger partial charge < -0.3 is 19.4 Å². The summed E-state index contributed by atoms with van der Waals surface area (Å²) in [6, 6.07) is 14.9. The van der Waals surface area contributed by atoms with Crippen molar-refractivity contribution in [1.82, 2.24) is 0 Å². The zero-order valence-electron chi connectivity index (χ0n) is 15.8. The number of rotatable bonds is 5. The fraction of sp³-hybridized carbons (Fsp3) is 0.190. The molecule has 1 N–H and O–H groups in total. The summed E-state index contributed by atoms with van der Waals surface area (Å²) in [5.41, 5.74) is 1.53. The summed E-state index contributed by atoms with van der Waals surface area (Å²) in [7, 11) is 0. The van der Waals surface area contributed by atoms with Gasteiger partial charge in [-0.25, -0.2) is 0 Å². The minimum atomic E-state index is -0.497. The van der Waals surface area contributed by atoms with Gasteiger partial charge in [-0.05, 0) is 48.5 Å². The number of anilines is 2. The highest BCUT2D eigenvalue weighted by Gasteiger charge is 2.23. The molecule has 1 aliphatic heterocycles. The number of ether oxygens (including phenoxy) is 1. The fourth-order valence-corrected chi connectivity index (χ4v) is 3.37. The van der Waals surface area contributed by atoms with E-state index in [1.807, 2.05) is 4.90 Å². The molecule has 9 heteroatoms. The molecule has 1 aliphatic rings. The SMILES string of the molecule is O=C(Nc1ccc(N2CCOCC2)c([N+](=O)[O-])c1)c1ccc(-c2ccc(Cl)cc2)o1. The molecule has 0 saturated carbocycles. The molecule has 2 aromatic carbocycles.